The lowest BCUT2D eigenvalue weighted by Gasteiger charge is -2.02. The van der Waals surface area contributed by atoms with Crippen molar-refractivity contribution in [2.75, 3.05) is 0 Å². The van der Waals surface area contributed by atoms with E-state index in [1.165, 1.54) is 0 Å². The summed E-state index contributed by atoms with van der Waals surface area (Å²) in [5.41, 5.74) is 6.38. The lowest BCUT2D eigenvalue weighted by Crippen LogP contribution is -2.10. The van der Waals surface area contributed by atoms with Gasteiger partial charge in [-0.1, -0.05) is 30.3 Å². The molecule has 0 saturated carbocycles. The third-order valence-corrected chi connectivity index (χ3v) is 2.17. The predicted molar refractivity (Wildman–Crippen MR) is 59.2 cm³/mol. The fraction of sp³-hybridized carbons (Fsp3) is 0.167. The largest absolute Gasteiger partial charge is 0.477 e. The van der Waals surface area contributed by atoms with Crippen molar-refractivity contribution in [3.05, 3.63) is 47.2 Å². The molecule has 0 heterocycles. The summed E-state index contributed by atoms with van der Waals surface area (Å²) < 4.78 is 0. The molecule has 3 N–H and O–H groups in total. The van der Waals surface area contributed by atoms with Crippen LogP contribution in [-0.2, 0) is 11.2 Å². The maximum Gasteiger partial charge on any atom is 0.348 e. The number of aliphatic carboxylic acids is 1. The lowest BCUT2D eigenvalue weighted by atomic mass is 10.1. The monoisotopic (exact) mass is 216 g/mol. The van der Waals surface area contributed by atoms with E-state index in [9.17, 15) is 4.79 Å². The molecular weight excluding hydrogens is 204 g/mol. The Morgan fingerprint density at radius 1 is 1.38 bits per heavy atom. The molecule has 0 aliphatic rings. The Labute approximate surface area is 93.6 Å². The predicted octanol–water partition coefficient (Wildman–Crippen LogP) is 1.44. The molecule has 0 spiro atoms. The standard InChI is InChI=1S/C12H12N2O2/c13-8-10(12(15)16)11(14)7-6-9-4-2-1-3-5-9/h1-5H,6-7,14H2,(H,15,16)/b11-10-. The van der Waals surface area contributed by atoms with Crippen LogP contribution in [0.3, 0.4) is 0 Å². The Bertz CT molecular complexity index is 444. The molecule has 0 radical (unpaired) electrons. The molecule has 0 atom stereocenters. The molecule has 4 heteroatoms. The SMILES string of the molecule is N#C/C(C(=O)O)=C(/N)CCc1ccccc1. The quantitative estimate of drug-likeness (QED) is 0.589. The third kappa shape index (κ3) is 3.14. The lowest BCUT2D eigenvalue weighted by molar-refractivity contribution is -0.132. The van der Waals surface area contributed by atoms with Gasteiger partial charge in [-0.2, -0.15) is 5.26 Å². The first kappa shape index (κ1) is 11.8. The molecule has 1 rings (SSSR count). The number of nitrogens with zero attached hydrogens (tertiary/aromatic N) is 1. The van der Waals surface area contributed by atoms with E-state index in [4.69, 9.17) is 16.1 Å². The van der Waals surface area contributed by atoms with E-state index in [-0.39, 0.29) is 11.3 Å². The molecule has 0 saturated heterocycles. The summed E-state index contributed by atoms with van der Waals surface area (Å²) in [6.45, 7) is 0. The van der Waals surface area contributed by atoms with Crippen molar-refractivity contribution in [1.29, 1.82) is 5.26 Å². The number of benzene rings is 1. The zero-order chi connectivity index (χ0) is 12.0. The van der Waals surface area contributed by atoms with Crippen molar-refractivity contribution in [2.45, 2.75) is 12.8 Å². The minimum absolute atomic E-state index is 0.124. The molecule has 0 fully saturated rings. The highest BCUT2D eigenvalue weighted by Gasteiger charge is 2.11. The van der Waals surface area contributed by atoms with Gasteiger partial charge in [0.15, 0.2) is 5.57 Å². The second kappa shape index (κ2) is 5.56. The fourth-order valence-corrected chi connectivity index (χ4v) is 1.31. The summed E-state index contributed by atoms with van der Waals surface area (Å²) in [5, 5.41) is 17.3. The van der Waals surface area contributed by atoms with Gasteiger partial charge in [0.05, 0.1) is 0 Å². The molecule has 0 bridgehead atoms. The van der Waals surface area contributed by atoms with Crippen LogP contribution in [0.1, 0.15) is 12.0 Å². The number of carboxylic acid groups (broad SMARTS) is 1. The van der Waals surface area contributed by atoms with Gasteiger partial charge < -0.3 is 10.8 Å². The summed E-state index contributed by atoms with van der Waals surface area (Å²) in [6, 6.07) is 11.2. The minimum atomic E-state index is -1.27. The summed E-state index contributed by atoms with van der Waals surface area (Å²) in [7, 11) is 0. The van der Waals surface area contributed by atoms with Gasteiger partial charge in [0.1, 0.15) is 6.07 Å². The number of hydrogen-bond acceptors (Lipinski definition) is 3. The molecule has 0 aliphatic heterocycles. The third-order valence-electron chi connectivity index (χ3n) is 2.17. The summed E-state index contributed by atoms with van der Waals surface area (Å²) in [4.78, 5) is 10.6. The minimum Gasteiger partial charge on any atom is -0.477 e. The van der Waals surface area contributed by atoms with Crippen LogP contribution >= 0.6 is 0 Å². The second-order valence-corrected chi connectivity index (χ2v) is 3.30. The smallest absolute Gasteiger partial charge is 0.348 e. The summed E-state index contributed by atoms with van der Waals surface area (Å²) in [5.74, 6) is -1.27. The first-order chi connectivity index (χ1) is 7.65. The van der Waals surface area contributed by atoms with Crippen LogP contribution in [0.2, 0.25) is 0 Å². The molecule has 82 valence electrons. The van der Waals surface area contributed by atoms with Crippen molar-refractivity contribution in [1.82, 2.24) is 0 Å². The molecule has 1 aromatic rings. The average Bonchev–Trinajstić information content (AvgIpc) is 2.28. The Balaban J connectivity index is 2.69. The first-order valence-corrected chi connectivity index (χ1v) is 4.81. The second-order valence-electron chi connectivity index (χ2n) is 3.30. The summed E-state index contributed by atoms with van der Waals surface area (Å²) in [6.07, 6.45) is 1.00. The number of hydrogen-bond donors (Lipinski definition) is 2. The van der Waals surface area contributed by atoms with Gasteiger partial charge >= 0.3 is 5.97 Å². The molecule has 0 aliphatic carbocycles. The van der Waals surface area contributed by atoms with E-state index in [2.05, 4.69) is 0 Å². The highest BCUT2D eigenvalue weighted by atomic mass is 16.4. The van der Waals surface area contributed by atoms with Gasteiger partial charge in [0.25, 0.3) is 0 Å². The maximum atomic E-state index is 10.6. The van der Waals surface area contributed by atoms with Crippen molar-refractivity contribution in [3.63, 3.8) is 0 Å². The average molecular weight is 216 g/mol. The Kier molecular flexibility index (Phi) is 4.10. The molecule has 4 nitrogen and oxygen atoms in total. The van der Waals surface area contributed by atoms with Crippen molar-refractivity contribution < 1.29 is 9.90 Å². The van der Waals surface area contributed by atoms with Crippen LogP contribution in [0.4, 0.5) is 0 Å². The zero-order valence-corrected chi connectivity index (χ0v) is 8.68. The van der Waals surface area contributed by atoms with Gasteiger partial charge in [0, 0.05) is 5.70 Å². The molecule has 0 aromatic heterocycles. The molecule has 1 aromatic carbocycles. The number of carbonyl (C=O) groups is 1. The van der Waals surface area contributed by atoms with Gasteiger partial charge in [-0.05, 0) is 18.4 Å². The van der Waals surface area contributed by atoms with Crippen molar-refractivity contribution >= 4 is 5.97 Å². The maximum absolute atomic E-state index is 10.6. The topological polar surface area (TPSA) is 87.1 Å². The van der Waals surface area contributed by atoms with Crippen LogP contribution in [0.25, 0.3) is 0 Å². The fourth-order valence-electron chi connectivity index (χ4n) is 1.31. The van der Waals surface area contributed by atoms with E-state index >= 15 is 0 Å². The van der Waals surface area contributed by atoms with Crippen LogP contribution < -0.4 is 5.73 Å². The number of nitriles is 1. The number of allylic oxidation sites excluding steroid dienone is 1. The van der Waals surface area contributed by atoms with E-state index in [0.29, 0.717) is 12.8 Å². The Morgan fingerprint density at radius 2 is 2.00 bits per heavy atom. The van der Waals surface area contributed by atoms with E-state index in [1.807, 2.05) is 30.3 Å². The first-order valence-electron chi connectivity index (χ1n) is 4.81. The number of nitrogens with two attached hydrogens (primary N) is 1. The Morgan fingerprint density at radius 3 is 2.50 bits per heavy atom. The summed E-state index contributed by atoms with van der Waals surface area (Å²) >= 11 is 0. The molecule has 0 unspecified atom stereocenters. The van der Waals surface area contributed by atoms with E-state index in [0.717, 1.165) is 5.56 Å². The van der Waals surface area contributed by atoms with Crippen LogP contribution in [0.5, 0.6) is 0 Å². The van der Waals surface area contributed by atoms with Crippen LogP contribution in [-0.4, -0.2) is 11.1 Å². The van der Waals surface area contributed by atoms with Crippen molar-refractivity contribution in [3.8, 4) is 6.07 Å². The van der Waals surface area contributed by atoms with Gasteiger partial charge in [-0.3, -0.25) is 0 Å². The number of aryl methyl sites for hydroxylation is 1. The van der Waals surface area contributed by atoms with Gasteiger partial charge in [-0.25, -0.2) is 4.79 Å². The van der Waals surface area contributed by atoms with Crippen LogP contribution in [0.15, 0.2) is 41.6 Å². The van der Waals surface area contributed by atoms with E-state index < -0.39 is 5.97 Å². The highest BCUT2D eigenvalue weighted by molar-refractivity contribution is 5.91. The number of rotatable bonds is 4. The molecule has 16 heavy (non-hydrogen) atoms. The van der Waals surface area contributed by atoms with Crippen molar-refractivity contribution in [2.24, 2.45) is 5.73 Å². The molecular formula is C12H12N2O2. The highest BCUT2D eigenvalue weighted by Crippen LogP contribution is 2.09. The zero-order valence-electron chi connectivity index (χ0n) is 8.68. The number of carboxylic acids is 1. The van der Waals surface area contributed by atoms with Crippen LogP contribution in [0, 0.1) is 11.3 Å². The normalized spacial score (nSPS) is 11.4. The van der Waals surface area contributed by atoms with E-state index in [1.54, 1.807) is 6.07 Å². The Hall–Kier alpha value is -2.28. The van der Waals surface area contributed by atoms with Gasteiger partial charge in [0.2, 0.25) is 0 Å². The molecule has 0 amide bonds. The van der Waals surface area contributed by atoms with Gasteiger partial charge in [-0.15, -0.1) is 0 Å².